The van der Waals surface area contributed by atoms with Crippen molar-refractivity contribution in [1.82, 2.24) is 0 Å². The zero-order valence-electron chi connectivity index (χ0n) is 15.3. The Morgan fingerprint density at radius 1 is 1.36 bits per heavy atom. The molecule has 0 aromatic heterocycles. The topological polar surface area (TPSA) is 44.8 Å². The van der Waals surface area contributed by atoms with Crippen LogP contribution in [-0.4, -0.2) is 29.7 Å². The monoisotopic (exact) mass is 460 g/mol. The van der Waals surface area contributed by atoms with Crippen LogP contribution in [0.4, 0.5) is 0 Å². The molecule has 0 bridgehead atoms. The summed E-state index contributed by atoms with van der Waals surface area (Å²) in [5.74, 6) is 1.81. The molecule has 1 aromatic carbocycles. The Hall–Kier alpha value is -0.980. The van der Waals surface area contributed by atoms with Crippen molar-refractivity contribution < 1.29 is 19.0 Å². The number of benzene rings is 1. The Balaban J connectivity index is 2.08. The Morgan fingerprint density at radius 2 is 2.20 bits per heavy atom. The van der Waals surface area contributed by atoms with Crippen molar-refractivity contribution in [3.8, 4) is 11.5 Å². The Kier molecular flexibility index (Phi) is 8.85. The summed E-state index contributed by atoms with van der Waals surface area (Å²) in [6, 6.07) is 4.23. The number of carbonyl (C=O) groups is 1. The molecule has 0 saturated heterocycles. The summed E-state index contributed by atoms with van der Waals surface area (Å²) in [6.07, 6.45) is 6.21. The van der Waals surface area contributed by atoms with Crippen LogP contribution in [0.15, 0.2) is 12.1 Å². The third kappa shape index (κ3) is 6.04. The molecule has 2 rings (SSSR count). The van der Waals surface area contributed by atoms with Crippen molar-refractivity contribution >= 4 is 28.6 Å². The molecular formula is C20H29IO4. The molecule has 140 valence electrons. The van der Waals surface area contributed by atoms with E-state index in [1.54, 1.807) is 0 Å². The van der Waals surface area contributed by atoms with Gasteiger partial charge in [-0.05, 0) is 50.7 Å². The highest BCUT2D eigenvalue weighted by Crippen LogP contribution is 2.38. The van der Waals surface area contributed by atoms with Gasteiger partial charge in [0.15, 0.2) is 0 Å². The Bertz CT molecular complexity index is 559. The average Bonchev–Trinajstić information content (AvgIpc) is 2.62. The lowest BCUT2D eigenvalue weighted by Gasteiger charge is -2.29. The van der Waals surface area contributed by atoms with Gasteiger partial charge >= 0.3 is 5.97 Å². The highest BCUT2D eigenvalue weighted by atomic mass is 127. The van der Waals surface area contributed by atoms with Gasteiger partial charge < -0.3 is 14.2 Å². The first-order chi connectivity index (χ1) is 12.2. The van der Waals surface area contributed by atoms with Gasteiger partial charge in [-0.25, -0.2) is 0 Å². The van der Waals surface area contributed by atoms with Gasteiger partial charge in [0.1, 0.15) is 11.5 Å². The number of rotatable bonds is 10. The molecule has 4 nitrogen and oxygen atoms in total. The number of fused-ring (bicyclic) bond motifs is 1. The quantitative estimate of drug-likeness (QED) is 0.216. The Labute approximate surface area is 164 Å². The van der Waals surface area contributed by atoms with E-state index in [2.05, 4.69) is 41.6 Å². The summed E-state index contributed by atoms with van der Waals surface area (Å²) in [5.41, 5.74) is 2.45. The van der Waals surface area contributed by atoms with Crippen molar-refractivity contribution in [2.24, 2.45) is 0 Å². The standard InChI is InChI=1S/C20H29IO4/c1-3-6-17-18(24-14-5-13-21)11-8-15-7-9-16(25-20(15)17)10-12-19(22)23-4-2/h8,11,16H,3-7,9-10,12-14H2,1-2H3. The SMILES string of the molecule is CCCc1c(OCCCI)ccc2c1OC(CCC(=O)OCC)CC2. The van der Waals surface area contributed by atoms with E-state index >= 15 is 0 Å². The number of halogens is 1. The molecule has 1 heterocycles. The van der Waals surface area contributed by atoms with E-state index in [0.29, 0.717) is 19.4 Å². The fourth-order valence-electron chi connectivity index (χ4n) is 3.12. The highest BCUT2D eigenvalue weighted by Gasteiger charge is 2.25. The second kappa shape index (κ2) is 10.9. The van der Waals surface area contributed by atoms with Gasteiger partial charge in [0.05, 0.1) is 19.3 Å². The van der Waals surface area contributed by atoms with E-state index in [1.165, 1.54) is 11.1 Å². The maximum absolute atomic E-state index is 11.6. The number of esters is 1. The number of alkyl halides is 1. The van der Waals surface area contributed by atoms with Crippen LogP contribution in [0.25, 0.3) is 0 Å². The molecule has 1 aromatic rings. The molecule has 1 atom stereocenters. The molecular weight excluding hydrogens is 431 g/mol. The fourth-order valence-corrected chi connectivity index (χ4v) is 3.43. The molecule has 1 aliphatic rings. The molecule has 25 heavy (non-hydrogen) atoms. The zero-order valence-corrected chi connectivity index (χ0v) is 17.5. The lowest BCUT2D eigenvalue weighted by Crippen LogP contribution is -2.25. The zero-order chi connectivity index (χ0) is 18.1. The van der Waals surface area contributed by atoms with Crippen LogP contribution < -0.4 is 9.47 Å². The van der Waals surface area contributed by atoms with Crippen molar-refractivity contribution in [3.63, 3.8) is 0 Å². The van der Waals surface area contributed by atoms with E-state index in [9.17, 15) is 4.79 Å². The molecule has 1 aliphatic heterocycles. The molecule has 0 radical (unpaired) electrons. The lowest BCUT2D eigenvalue weighted by molar-refractivity contribution is -0.143. The van der Waals surface area contributed by atoms with Crippen LogP contribution in [0.3, 0.4) is 0 Å². The maximum Gasteiger partial charge on any atom is 0.305 e. The van der Waals surface area contributed by atoms with Gasteiger partial charge in [-0.3, -0.25) is 4.79 Å². The molecule has 1 unspecified atom stereocenters. The normalized spacial score (nSPS) is 16.0. The summed E-state index contributed by atoms with van der Waals surface area (Å²) < 4.78 is 18.4. The number of hydrogen-bond acceptors (Lipinski definition) is 4. The predicted octanol–water partition coefficient (Wildman–Crippen LogP) is 4.88. The van der Waals surface area contributed by atoms with Crippen LogP contribution in [0.2, 0.25) is 0 Å². The van der Waals surface area contributed by atoms with E-state index in [0.717, 1.165) is 54.6 Å². The molecule has 0 aliphatic carbocycles. The van der Waals surface area contributed by atoms with Gasteiger partial charge in [-0.1, -0.05) is 42.0 Å². The number of ether oxygens (including phenoxy) is 3. The van der Waals surface area contributed by atoms with Gasteiger partial charge in [0, 0.05) is 16.4 Å². The van der Waals surface area contributed by atoms with E-state index in [4.69, 9.17) is 14.2 Å². The fraction of sp³-hybridized carbons (Fsp3) is 0.650. The van der Waals surface area contributed by atoms with Crippen molar-refractivity contribution in [2.75, 3.05) is 17.6 Å². The smallest absolute Gasteiger partial charge is 0.305 e. The predicted molar refractivity (Wildman–Crippen MR) is 108 cm³/mol. The van der Waals surface area contributed by atoms with Gasteiger partial charge in [-0.2, -0.15) is 0 Å². The number of hydrogen-bond donors (Lipinski definition) is 0. The molecule has 5 heteroatoms. The second-order valence-corrected chi connectivity index (χ2v) is 7.37. The van der Waals surface area contributed by atoms with Gasteiger partial charge in [-0.15, -0.1) is 0 Å². The summed E-state index contributed by atoms with van der Waals surface area (Å²) in [6.45, 7) is 5.19. The number of aryl methyl sites for hydroxylation is 1. The summed E-state index contributed by atoms with van der Waals surface area (Å²) >= 11 is 2.37. The second-order valence-electron chi connectivity index (χ2n) is 6.29. The summed E-state index contributed by atoms with van der Waals surface area (Å²) in [7, 11) is 0. The van der Waals surface area contributed by atoms with Gasteiger partial charge in [0.25, 0.3) is 0 Å². The van der Waals surface area contributed by atoms with Crippen molar-refractivity contribution in [1.29, 1.82) is 0 Å². The van der Waals surface area contributed by atoms with Crippen molar-refractivity contribution in [2.45, 2.75) is 64.9 Å². The van der Waals surface area contributed by atoms with Crippen LogP contribution in [0.1, 0.15) is 57.1 Å². The van der Waals surface area contributed by atoms with E-state index in [-0.39, 0.29) is 12.1 Å². The molecule has 0 N–H and O–H groups in total. The average molecular weight is 460 g/mol. The van der Waals surface area contributed by atoms with Crippen LogP contribution >= 0.6 is 22.6 Å². The van der Waals surface area contributed by atoms with Gasteiger partial charge in [0.2, 0.25) is 0 Å². The highest BCUT2D eigenvalue weighted by molar-refractivity contribution is 14.1. The number of carbonyl (C=O) groups excluding carboxylic acids is 1. The maximum atomic E-state index is 11.6. The molecule has 0 saturated carbocycles. The lowest BCUT2D eigenvalue weighted by atomic mass is 9.95. The first kappa shape index (κ1) is 20.3. The summed E-state index contributed by atoms with van der Waals surface area (Å²) in [4.78, 5) is 11.6. The minimum absolute atomic E-state index is 0.0807. The van der Waals surface area contributed by atoms with Crippen LogP contribution in [0, 0.1) is 0 Å². The minimum atomic E-state index is -0.137. The van der Waals surface area contributed by atoms with Crippen molar-refractivity contribution in [3.05, 3.63) is 23.3 Å². The van der Waals surface area contributed by atoms with Crippen LogP contribution in [-0.2, 0) is 22.4 Å². The van der Waals surface area contributed by atoms with E-state index < -0.39 is 0 Å². The first-order valence-electron chi connectivity index (χ1n) is 9.35. The van der Waals surface area contributed by atoms with E-state index in [1.807, 2.05) is 6.92 Å². The minimum Gasteiger partial charge on any atom is -0.493 e. The Morgan fingerprint density at radius 3 is 2.92 bits per heavy atom. The molecule has 0 spiro atoms. The first-order valence-corrected chi connectivity index (χ1v) is 10.9. The summed E-state index contributed by atoms with van der Waals surface area (Å²) in [5, 5.41) is 0. The third-order valence-corrected chi connectivity index (χ3v) is 5.09. The molecule has 0 fully saturated rings. The largest absolute Gasteiger partial charge is 0.493 e. The third-order valence-electron chi connectivity index (χ3n) is 4.33. The van der Waals surface area contributed by atoms with Crippen LogP contribution in [0.5, 0.6) is 11.5 Å². The molecule has 0 amide bonds.